The minimum absolute atomic E-state index is 0.150. The van der Waals surface area contributed by atoms with Crippen LogP contribution in [-0.2, 0) is 17.9 Å². The van der Waals surface area contributed by atoms with Crippen molar-refractivity contribution in [2.45, 2.75) is 13.2 Å². The summed E-state index contributed by atoms with van der Waals surface area (Å²) in [6, 6.07) is 11.1. The standard InChI is InChI=1S/C19H18FN3O3S/c1-26-10-13-16-14(20)3-2-4-15(16)27-17(13)18(24)22-9-11-5-7-12(8-6-11)23-19(21)25/h2-8H,9-10H2,1H3,(H,22,24)(H3,21,23,25). The molecule has 0 spiro atoms. The molecule has 8 heteroatoms. The van der Waals surface area contributed by atoms with Crippen molar-refractivity contribution in [3.8, 4) is 0 Å². The molecule has 0 aliphatic carbocycles. The number of hydrogen-bond acceptors (Lipinski definition) is 4. The maximum Gasteiger partial charge on any atom is 0.316 e. The van der Waals surface area contributed by atoms with Crippen LogP contribution >= 0.6 is 11.3 Å². The first kappa shape index (κ1) is 18.8. The van der Waals surface area contributed by atoms with Gasteiger partial charge in [0.2, 0.25) is 0 Å². The molecule has 3 rings (SSSR count). The number of amides is 3. The van der Waals surface area contributed by atoms with E-state index in [0.29, 0.717) is 32.8 Å². The number of urea groups is 1. The molecular formula is C19H18FN3O3S. The highest BCUT2D eigenvalue weighted by molar-refractivity contribution is 7.21. The Labute approximate surface area is 159 Å². The number of anilines is 1. The normalized spacial score (nSPS) is 10.7. The number of halogens is 1. The number of carbonyl (C=O) groups is 2. The molecule has 0 radical (unpaired) electrons. The van der Waals surface area contributed by atoms with Crippen LogP contribution in [0.5, 0.6) is 0 Å². The van der Waals surface area contributed by atoms with Gasteiger partial charge in [-0.2, -0.15) is 0 Å². The quantitative estimate of drug-likeness (QED) is 0.603. The van der Waals surface area contributed by atoms with Gasteiger partial charge in [-0.1, -0.05) is 18.2 Å². The van der Waals surface area contributed by atoms with E-state index in [2.05, 4.69) is 10.6 Å². The number of fused-ring (bicyclic) bond motifs is 1. The van der Waals surface area contributed by atoms with E-state index in [9.17, 15) is 14.0 Å². The van der Waals surface area contributed by atoms with E-state index in [-0.39, 0.29) is 18.3 Å². The molecule has 0 unspecified atom stereocenters. The first-order valence-electron chi connectivity index (χ1n) is 8.12. The fourth-order valence-electron chi connectivity index (χ4n) is 2.74. The summed E-state index contributed by atoms with van der Waals surface area (Å²) in [5.74, 6) is -0.658. The smallest absolute Gasteiger partial charge is 0.316 e. The third kappa shape index (κ3) is 4.24. The number of nitrogens with one attached hydrogen (secondary N) is 2. The topological polar surface area (TPSA) is 93.4 Å². The number of nitrogens with two attached hydrogens (primary N) is 1. The Morgan fingerprint density at radius 3 is 2.59 bits per heavy atom. The lowest BCUT2D eigenvalue weighted by Crippen LogP contribution is -2.23. The third-order valence-electron chi connectivity index (χ3n) is 3.93. The summed E-state index contributed by atoms with van der Waals surface area (Å²) in [5.41, 5.74) is 7.03. The molecule has 0 fully saturated rings. The molecule has 0 atom stereocenters. The Hall–Kier alpha value is -2.97. The Kier molecular flexibility index (Phi) is 5.68. The van der Waals surface area contributed by atoms with E-state index in [1.54, 1.807) is 36.4 Å². The van der Waals surface area contributed by atoms with Gasteiger partial charge in [0.25, 0.3) is 5.91 Å². The average molecular weight is 387 g/mol. The number of ether oxygens (including phenoxy) is 1. The van der Waals surface area contributed by atoms with Crippen LogP contribution in [0.2, 0.25) is 0 Å². The second-order valence-corrected chi connectivity index (χ2v) is 6.88. The van der Waals surface area contributed by atoms with Gasteiger partial charge in [-0.05, 0) is 29.8 Å². The molecular weight excluding hydrogens is 369 g/mol. The highest BCUT2D eigenvalue weighted by atomic mass is 32.1. The van der Waals surface area contributed by atoms with E-state index in [1.165, 1.54) is 24.5 Å². The van der Waals surface area contributed by atoms with Crippen LogP contribution < -0.4 is 16.4 Å². The van der Waals surface area contributed by atoms with Crippen LogP contribution in [-0.4, -0.2) is 19.0 Å². The fraction of sp³-hybridized carbons (Fsp3) is 0.158. The van der Waals surface area contributed by atoms with Gasteiger partial charge < -0.3 is 21.1 Å². The van der Waals surface area contributed by atoms with Gasteiger partial charge in [0.15, 0.2) is 0 Å². The molecule has 0 aliphatic heterocycles. The van der Waals surface area contributed by atoms with Gasteiger partial charge in [-0.25, -0.2) is 9.18 Å². The number of hydrogen-bond donors (Lipinski definition) is 3. The van der Waals surface area contributed by atoms with Gasteiger partial charge >= 0.3 is 6.03 Å². The van der Waals surface area contributed by atoms with E-state index in [1.807, 2.05) is 0 Å². The monoisotopic (exact) mass is 387 g/mol. The van der Waals surface area contributed by atoms with Crippen LogP contribution in [0.15, 0.2) is 42.5 Å². The zero-order valence-corrected chi connectivity index (χ0v) is 15.4. The maximum atomic E-state index is 14.2. The Bertz CT molecular complexity index is 986. The van der Waals surface area contributed by atoms with E-state index < -0.39 is 6.03 Å². The number of thiophene rings is 1. The summed E-state index contributed by atoms with van der Waals surface area (Å²) in [6.07, 6.45) is 0. The van der Waals surface area contributed by atoms with Crippen molar-refractivity contribution in [1.29, 1.82) is 0 Å². The van der Waals surface area contributed by atoms with Gasteiger partial charge in [0, 0.05) is 35.0 Å². The van der Waals surface area contributed by atoms with Crippen LogP contribution in [0.3, 0.4) is 0 Å². The molecule has 140 valence electrons. The van der Waals surface area contributed by atoms with Gasteiger partial charge in [0.1, 0.15) is 5.82 Å². The van der Waals surface area contributed by atoms with Crippen molar-refractivity contribution in [2.75, 3.05) is 12.4 Å². The lowest BCUT2D eigenvalue weighted by atomic mass is 10.1. The predicted molar refractivity (Wildman–Crippen MR) is 103 cm³/mol. The number of rotatable bonds is 6. The second kappa shape index (κ2) is 8.15. The van der Waals surface area contributed by atoms with Crippen molar-refractivity contribution < 1.29 is 18.7 Å². The molecule has 2 aromatic carbocycles. The van der Waals surface area contributed by atoms with Crippen LogP contribution in [0.25, 0.3) is 10.1 Å². The minimum Gasteiger partial charge on any atom is -0.380 e. The van der Waals surface area contributed by atoms with Crippen molar-refractivity contribution in [3.05, 3.63) is 64.3 Å². The zero-order valence-electron chi connectivity index (χ0n) is 14.5. The molecule has 1 heterocycles. The third-order valence-corrected chi connectivity index (χ3v) is 5.13. The molecule has 0 bridgehead atoms. The molecule has 4 N–H and O–H groups in total. The molecule has 1 aromatic heterocycles. The van der Waals surface area contributed by atoms with Crippen molar-refractivity contribution in [1.82, 2.24) is 5.32 Å². The molecule has 27 heavy (non-hydrogen) atoms. The molecule has 0 saturated carbocycles. The Morgan fingerprint density at radius 2 is 1.93 bits per heavy atom. The van der Waals surface area contributed by atoms with E-state index in [4.69, 9.17) is 10.5 Å². The van der Waals surface area contributed by atoms with Crippen molar-refractivity contribution >= 4 is 39.0 Å². The maximum absolute atomic E-state index is 14.2. The molecule has 6 nitrogen and oxygen atoms in total. The molecule has 0 aliphatic rings. The zero-order chi connectivity index (χ0) is 19.4. The second-order valence-electron chi connectivity index (χ2n) is 5.82. The summed E-state index contributed by atoms with van der Waals surface area (Å²) in [7, 11) is 1.51. The van der Waals surface area contributed by atoms with Crippen LogP contribution in [0.4, 0.5) is 14.9 Å². The lowest BCUT2D eigenvalue weighted by molar-refractivity contribution is 0.0950. The first-order chi connectivity index (χ1) is 13.0. The highest BCUT2D eigenvalue weighted by Crippen LogP contribution is 2.33. The molecule has 3 amide bonds. The summed E-state index contributed by atoms with van der Waals surface area (Å²) in [6.45, 7) is 0.440. The van der Waals surface area contributed by atoms with E-state index >= 15 is 0 Å². The summed E-state index contributed by atoms with van der Waals surface area (Å²) in [4.78, 5) is 23.9. The molecule has 3 aromatic rings. The minimum atomic E-state index is -0.640. The Balaban J connectivity index is 1.77. The number of methoxy groups -OCH3 is 1. The SMILES string of the molecule is COCc1c(C(=O)NCc2ccc(NC(N)=O)cc2)sc2cccc(F)c12. The van der Waals surface area contributed by atoms with Gasteiger partial charge in [-0.3, -0.25) is 4.79 Å². The summed E-state index contributed by atoms with van der Waals surface area (Å²) >= 11 is 1.24. The summed E-state index contributed by atoms with van der Waals surface area (Å²) in [5, 5.41) is 5.73. The largest absolute Gasteiger partial charge is 0.380 e. The van der Waals surface area contributed by atoms with Crippen LogP contribution in [0.1, 0.15) is 20.8 Å². The first-order valence-corrected chi connectivity index (χ1v) is 8.93. The highest BCUT2D eigenvalue weighted by Gasteiger charge is 2.20. The number of benzene rings is 2. The Morgan fingerprint density at radius 1 is 1.19 bits per heavy atom. The van der Waals surface area contributed by atoms with E-state index in [0.717, 1.165) is 5.56 Å². The molecule has 0 saturated heterocycles. The number of primary amides is 1. The van der Waals surface area contributed by atoms with Gasteiger partial charge in [0.05, 0.1) is 11.5 Å². The van der Waals surface area contributed by atoms with Crippen molar-refractivity contribution in [3.63, 3.8) is 0 Å². The lowest BCUT2D eigenvalue weighted by Gasteiger charge is -2.08. The fourth-order valence-corrected chi connectivity index (χ4v) is 3.88. The summed E-state index contributed by atoms with van der Waals surface area (Å²) < 4.78 is 20.1. The van der Waals surface area contributed by atoms with Gasteiger partial charge in [-0.15, -0.1) is 11.3 Å². The predicted octanol–water partition coefficient (Wildman–Crippen LogP) is 3.61. The number of carbonyl (C=O) groups excluding carboxylic acids is 2. The van der Waals surface area contributed by atoms with Crippen molar-refractivity contribution in [2.24, 2.45) is 5.73 Å². The average Bonchev–Trinajstić information content (AvgIpc) is 3.01. The van der Waals surface area contributed by atoms with Crippen LogP contribution in [0, 0.1) is 5.82 Å².